The fraction of sp³-hybridized carbons (Fsp3) is 0.152. The van der Waals surface area contributed by atoms with Crippen molar-refractivity contribution in [3.05, 3.63) is 120 Å². The third-order valence-electron chi connectivity index (χ3n) is 6.57. The number of hydrogen-bond donors (Lipinski definition) is 0. The quantitative estimate of drug-likeness (QED) is 0.191. The Bertz CT molecular complexity index is 1930. The summed E-state index contributed by atoms with van der Waals surface area (Å²) < 4.78 is 62.3. The average molecular weight is 603 g/mol. The fourth-order valence-electron chi connectivity index (χ4n) is 4.69. The van der Waals surface area contributed by atoms with E-state index in [0.29, 0.717) is 22.0 Å². The highest BCUT2D eigenvalue weighted by Crippen LogP contribution is 2.31. The zero-order valence-electron chi connectivity index (χ0n) is 23.6. The highest BCUT2D eigenvalue weighted by Gasteiger charge is 2.28. The molecule has 0 spiro atoms. The lowest BCUT2D eigenvalue weighted by atomic mass is 10.0. The largest absolute Gasteiger partial charge is 0.459 e. The van der Waals surface area contributed by atoms with Gasteiger partial charge in [0.2, 0.25) is 0 Å². The number of nitrogens with zero attached hydrogens (tertiary/aromatic N) is 2. The predicted octanol–water partition coefficient (Wildman–Crippen LogP) is 6.81. The number of esters is 1. The van der Waals surface area contributed by atoms with Crippen molar-refractivity contribution in [2.75, 3.05) is 11.4 Å². The van der Waals surface area contributed by atoms with E-state index in [-0.39, 0.29) is 10.6 Å². The van der Waals surface area contributed by atoms with Crippen LogP contribution in [0, 0.1) is 11.6 Å². The minimum absolute atomic E-state index is 0.158. The first-order valence-electron chi connectivity index (χ1n) is 13.3. The Morgan fingerprint density at radius 2 is 1.47 bits per heavy atom. The Labute approximate surface area is 248 Å². The molecule has 10 heteroatoms. The number of carbonyl (C=O) groups is 2. The number of benzene rings is 4. The number of anilines is 1. The van der Waals surface area contributed by atoms with E-state index in [0.717, 1.165) is 23.1 Å². The summed E-state index contributed by atoms with van der Waals surface area (Å²) in [5, 5.41) is 0.650. The molecule has 0 saturated heterocycles. The summed E-state index contributed by atoms with van der Waals surface area (Å²) in [7, 11) is -3.82. The van der Waals surface area contributed by atoms with Gasteiger partial charge in [0.1, 0.15) is 29.3 Å². The number of rotatable bonds is 7. The molecule has 0 radical (unpaired) electrons. The van der Waals surface area contributed by atoms with Crippen molar-refractivity contribution < 1.29 is 31.5 Å². The number of aromatic nitrogens is 1. The summed E-state index contributed by atoms with van der Waals surface area (Å²) in [6.45, 7) is 4.42. The summed E-state index contributed by atoms with van der Waals surface area (Å²) >= 11 is 0. The summed E-state index contributed by atoms with van der Waals surface area (Å²) in [5.41, 5.74) is 0.344. The summed E-state index contributed by atoms with van der Waals surface area (Å²) in [6, 6.07) is 24.6. The second kappa shape index (κ2) is 11.4. The SMILES string of the molecule is CC(C)(C)OC(=O)CN(C(=O)c1c(F)cccc1F)c1cccc(-c2ccc3c(ccn3S(=O)(=O)c3ccccc3)c2)c1. The van der Waals surface area contributed by atoms with Crippen LogP contribution in [-0.2, 0) is 19.6 Å². The number of carbonyl (C=O) groups excluding carboxylic acids is 2. The summed E-state index contributed by atoms with van der Waals surface area (Å²) in [5.74, 6) is -3.92. The second-order valence-electron chi connectivity index (χ2n) is 10.8. The Morgan fingerprint density at radius 3 is 2.14 bits per heavy atom. The van der Waals surface area contributed by atoms with Crippen LogP contribution in [0.15, 0.2) is 108 Å². The van der Waals surface area contributed by atoms with Crippen LogP contribution in [0.2, 0.25) is 0 Å². The van der Waals surface area contributed by atoms with Gasteiger partial charge in [-0.25, -0.2) is 21.2 Å². The topological polar surface area (TPSA) is 85.7 Å². The molecule has 1 heterocycles. The first kappa shape index (κ1) is 29.7. The Kier molecular flexibility index (Phi) is 7.90. The number of hydrogen-bond acceptors (Lipinski definition) is 5. The van der Waals surface area contributed by atoms with Crippen molar-refractivity contribution in [1.82, 2.24) is 3.97 Å². The molecule has 43 heavy (non-hydrogen) atoms. The number of fused-ring (bicyclic) bond motifs is 1. The molecule has 0 atom stereocenters. The zero-order chi connectivity index (χ0) is 30.9. The maximum absolute atomic E-state index is 14.6. The molecule has 0 aliphatic heterocycles. The first-order chi connectivity index (χ1) is 20.3. The van der Waals surface area contributed by atoms with Crippen LogP contribution in [0.25, 0.3) is 22.0 Å². The molecule has 4 aromatic carbocycles. The molecule has 0 fully saturated rings. The van der Waals surface area contributed by atoms with E-state index >= 15 is 0 Å². The van der Waals surface area contributed by atoms with Crippen LogP contribution in [0.5, 0.6) is 0 Å². The van der Waals surface area contributed by atoms with Crippen molar-refractivity contribution in [3.63, 3.8) is 0 Å². The van der Waals surface area contributed by atoms with Crippen LogP contribution in [0.4, 0.5) is 14.5 Å². The lowest BCUT2D eigenvalue weighted by Crippen LogP contribution is -2.39. The molecule has 1 amide bonds. The summed E-state index contributed by atoms with van der Waals surface area (Å²) in [6.07, 6.45) is 1.48. The first-order valence-corrected chi connectivity index (χ1v) is 14.8. The number of halogens is 2. The van der Waals surface area contributed by atoms with E-state index < -0.39 is 51.2 Å². The minimum Gasteiger partial charge on any atom is -0.459 e. The number of ether oxygens (including phenoxy) is 1. The van der Waals surface area contributed by atoms with E-state index in [1.807, 2.05) is 0 Å². The maximum atomic E-state index is 14.6. The van der Waals surface area contributed by atoms with E-state index in [1.54, 1.807) is 87.5 Å². The van der Waals surface area contributed by atoms with E-state index in [2.05, 4.69) is 0 Å². The summed E-state index contributed by atoms with van der Waals surface area (Å²) in [4.78, 5) is 27.4. The molecule has 5 rings (SSSR count). The minimum atomic E-state index is -3.82. The normalized spacial score (nSPS) is 11.8. The highest BCUT2D eigenvalue weighted by molar-refractivity contribution is 7.90. The van der Waals surface area contributed by atoms with Gasteiger partial charge in [0.15, 0.2) is 0 Å². The molecule has 7 nitrogen and oxygen atoms in total. The van der Waals surface area contributed by atoms with Crippen molar-refractivity contribution in [2.24, 2.45) is 0 Å². The van der Waals surface area contributed by atoms with Crippen molar-refractivity contribution in [1.29, 1.82) is 0 Å². The van der Waals surface area contributed by atoms with Gasteiger partial charge in [0.05, 0.1) is 10.4 Å². The van der Waals surface area contributed by atoms with Gasteiger partial charge >= 0.3 is 5.97 Å². The highest BCUT2D eigenvalue weighted by atomic mass is 32.2. The molecule has 0 N–H and O–H groups in total. The van der Waals surface area contributed by atoms with E-state index in [9.17, 15) is 26.8 Å². The predicted molar refractivity (Wildman–Crippen MR) is 160 cm³/mol. The lowest BCUT2D eigenvalue weighted by Gasteiger charge is -2.26. The fourth-order valence-corrected chi connectivity index (χ4v) is 6.06. The molecule has 220 valence electrons. The van der Waals surface area contributed by atoms with Gasteiger partial charge in [0.25, 0.3) is 15.9 Å². The van der Waals surface area contributed by atoms with Crippen molar-refractivity contribution >= 4 is 38.5 Å². The van der Waals surface area contributed by atoms with Gasteiger partial charge in [-0.1, -0.05) is 42.5 Å². The third kappa shape index (κ3) is 6.19. The number of amides is 1. The Balaban J connectivity index is 1.53. The molecule has 0 saturated carbocycles. The molecule has 1 aromatic heterocycles. The lowest BCUT2D eigenvalue weighted by molar-refractivity contribution is -0.152. The van der Waals surface area contributed by atoms with E-state index in [1.165, 1.54) is 22.3 Å². The second-order valence-corrected chi connectivity index (χ2v) is 12.6. The molecule has 0 aliphatic carbocycles. The molecule has 0 aliphatic rings. The van der Waals surface area contributed by atoms with Crippen LogP contribution >= 0.6 is 0 Å². The standard InChI is InChI=1S/C33H28F2N2O5S/c1-33(2,3)42-30(38)21-36(32(39)31-27(34)13-8-14-28(31)35)25-10-7-9-22(20-25)23-15-16-29-24(19-23)17-18-37(29)43(40,41)26-11-5-4-6-12-26/h4-20H,21H2,1-3H3. The van der Waals surface area contributed by atoms with Crippen LogP contribution in [0.1, 0.15) is 31.1 Å². The van der Waals surface area contributed by atoms with Crippen LogP contribution in [0.3, 0.4) is 0 Å². The Hall–Kier alpha value is -4.83. The third-order valence-corrected chi connectivity index (χ3v) is 8.28. The molecular weight excluding hydrogens is 574 g/mol. The van der Waals surface area contributed by atoms with Gasteiger partial charge in [-0.3, -0.25) is 14.5 Å². The van der Waals surface area contributed by atoms with Crippen molar-refractivity contribution in [2.45, 2.75) is 31.3 Å². The van der Waals surface area contributed by atoms with Gasteiger partial charge in [-0.15, -0.1) is 0 Å². The average Bonchev–Trinajstić information content (AvgIpc) is 3.40. The zero-order valence-corrected chi connectivity index (χ0v) is 24.4. The smallest absolute Gasteiger partial charge is 0.326 e. The monoisotopic (exact) mass is 602 g/mol. The Morgan fingerprint density at radius 1 is 0.814 bits per heavy atom. The van der Waals surface area contributed by atoms with Crippen LogP contribution in [-0.4, -0.2) is 36.4 Å². The van der Waals surface area contributed by atoms with E-state index in [4.69, 9.17) is 4.74 Å². The van der Waals surface area contributed by atoms with Gasteiger partial charge in [0, 0.05) is 17.3 Å². The molecule has 0 bridgehead atoms. The van der Waals surface area contributed by atoms with Gasteiger partial charge in [-0.2, -0.15) is 0 Å². The molecular formula is C33H28F2N2O5S. The maximum Gasteiger partial charge on any atom is 0.326 e. The molecule has 5 aromatic rings. The molecule has 0 unspecified atom stereocenters. The van der Waals surface area contributed by atoms with Crippen molar-refractivity contribution in [3.8, 4) is 11.1 Å². The van der Waals surface area contributed by atoms with Gasteiger partial charge in [-0.05, 0) is 86.5 Å². The van der Waals surface area contributed by atoms with Gasteiger partial charge < -0.3 is 4.74 Å². The van der Waals surface area contributed by atoms with Crippen LogP contribution < -0.4 is 4.90 Å².